The average Bonchev–Trinajstić information content (AvgIpc) is 3.30. The zero-order valence-corrected chi connectivity index (χ0v) is 19.4. The van der Waals surface area contributed by atoms with E-state index in [9.17, 15) is 23.3 Å². The first-order valence-electron chi connectivity index (χ1n) is 11.1. The highest BCUT2D eigenvalue weighted by Crippen LogP contribution is 2.28. The zero-order chi connectivity index (χ0) is 23.6. The summed E-state index contributed by atoms with van der Waals surface area (Å²) >= 11 is 0. The first kappa shape index (κ1) is 23.3. The fraction of sp³-hybridized carbons (Fsp3) is 0.435. The topological polar surface area (TPSA) is 104 Å². The fourth-order valence-corrected chi connectivity index (χ4v) is 6.13. The molecule has 2 aromatic rings. The van der Waals surface area contributed by atoms with Crippen molar-refractivity contribution in [3.63, 3.8) is 0 Å². The summed E-state index contributed by atoms with van der Waals surface area (Å²) in [6, 6.07) is 12.6. The highest BCUT2D eigenvalue weighted by molar-refractivity contribution is 7.89. The smallest absolute Gasteiger partial charge is 0.269 e. The summed E-state index contributed by atoms with van der Waals surface area (Å²) in [6.07, 6.45) is 1.19. The Balaban J connectivity index is 1.38. The van der Waals surface area contributed by atoms with E-state index in [1.54, 1.807) is 41.3 Å². The Morgan fingerprint density at radius 3 is 2.42 bits per heavy atom. The summed E-state index contributed by atoms with van der Waals surface area (Å²) in [5.74, 6) is -0.141. The molecule has 0 unspecified atom stereocenters. The second-order valence-electron chi connectivity index (χ2n) is 8.62. The van der Waals surface area contributed by atoms with Gasteiger partial charge in [0.25, 0.3) is 5.69 Å². The van der Waals surface area contributed by atoms with Crippen molar-refractivity contribution in [3.05, 3.63) is 69.8 Å². The van der Waals surface area contributed by atoms with Crippen molar-refractivity contribution in [1.82, 2.24) is 14.1 Å². The van der Waals surface area contributed by atoms with Crippen LogP contribution in [0.2, 0.25) is 0 Å². The summed E-state index contributed by atoms with van der Waals surface area (Å²) in [7, 11) is -3.73. The number of non-ortho nitro benzene ring substituents is 1. The maximum absolute atomic E-state index is 13.3. The molecule has 2 fully saturated rings. The third-order valence-corrected chi connectivity index (χ3v) is 8.25. The van der Waals surface area contributed by atoms with Crippen LogP contribution in [-0.4, -0.2) is 72.1 Å². The van der Waals surface area contributed by atoms with E-state index in [-0.39, 0.29) is 16.5 Å². The van der Waals surface area contributed by atoms with Gasteiger partial charge in [0.1, 0.15) is 6.04 Å². The standard InChI is InChI=1S/C23H28N4O5S/c1-18-7-9-21(10-8-18)33(31,32)26-11-3-6-22(26)23(28)25-14-12-24(13-15-25)17-19-4-2-5-20(16-19)27(29)30/h2,4-5,7-10,16,22H,3,6,11-15,17H2,1H3/t22-/m0/s1. The van der Waals surface area contributed by atoms with Crippen LogP contribution in [-0.2, 0) is 21.4 Å². The van der Waals surface area contributed by atoms with Gasteiger partial charge in [-0.05, 0) is 37.5 Å². The first-order chi connectivity index (χ1) is 15.8. The minimum absolute atomic E-state index is 0.0671. The monoisotopic (exact) mass is 472 g/mol. The van der Waals surface area contributed by atoms with Gasteiger partial charge in [-0.15, -0.1) is 0 Å². The Labute approximate surface area is 193 Å². The third kappa shape index (κ3) is 5.07. The van der Waals surface area contributed by atoms with Crippen LogP contribution in [0.1, 0.15) is 24.0 Å². The van der Waals surface area contributed by atoms with Crippen molar-refractivity contribution in [2.24, 2.45) is 0 Å². The number of piperazine rings is 1. The van der Waals surface area contributed by atoms with Crippen LogP contribution < -0.4 is 0 Å². The summed E-state index contributed by atoms with van der Waals surface area (Å²) in [4.78, 5) is 28.0. The molecule has 1 amide bonds. The van der Waals surface area contributed by atoms with Gasteiger partial charge >= 0.3 is 0 Å². The van der Waals surface area contributed by atoms with Crippen molar-refractivity contribution in [1.29, 1.82) is 0 Å². The average molecular weight is 473 g/mol. The molecule has 2 aliphatic rings. The van der Waals surface area contributed by atoms with Crippen molar-refractivity contribution in [3.8, 4) is 0 Å². The molecule has 2 aromatic carbocycles. The lowest BCUT2D eigenvalue weighted by molar-refractivity contribution is -0.384. The Morgan fingerprint density at radius 1 is 1.06 bits per heavy atom. The van der Waals surface area contributed by atoms with Crippen LogP contribution in [0.3, 0.4) is 0 Å². The van der Waals surface area contributed by atoms with Crippen molar-refractivity contribution in [2.45, 2.75) is 37.2 Å². The van der Waals surface area contributed by atoms with E-state index >= 15 is 0 Å². The largest absolute Gasteiger partial charge is 0.339 e. The Morgan fingerprint density at radius 2 is 1.76 bits per heavy atom. The molecule has 1 atom stereocenters. The van der Waals surface area contributed by atoms with Gasteiger partial charge in [0.2, 0.25) is 15.9 Å². The lowest BCUT2D eigenvalue weighted by Crippen LogP contribution is -2.54. The van der Waals surface area contributed by atoms with E-state index in [1.165, 1.54) is 10.4 Å². The normalized spacial score (nSPS) is 20.2. The van der Waals surface area contributed by atoms with Crippen LogP contribution in [0, 0.1) is 17.0 Å². The van der Waals surface area contributed by atoms with Crippen LogP contribution in [0.5, 0.6) is 0 Å². The van der Waals surface area contributed by atoms with Gasteiger partial charge in [0, 0.05) is 51.4 Å². The van der Waals surface area contributed by atoms with E-state index in [0.29, 0.717) is 52.1 Å². The second kappa shape index (κ2) is 9.58. The van der Waals surface area contributed by atoms with Crippen molar-refractivity contribution in [2.75, 3.05) is 32.7 Å². The van der Waals surface area contributed by atoms with E-state index in [0.717, 1.165) is 11.1 Å². The lowest BCUT2D eigenvalue weighted by atomic mass is 10.1. The molecule has 2 aliphatic heterocycles. The fourth-order valence-electron chi connectivity index (χ4n) is 4.48. The molecule has 0 bridgehead atoms. The van der Waals surface area contributed by atoms with Crippen LogP contribution in [0.4, 0.5) is 5.69 Å². The minimum atomic E-state index is -3.73. The van der Waals surface area contributed by atoms with Crippen molar-refractivity contribution >= 4 is 21.6 Å². The number of benzene rings is 2. The molecule has 0 radical (unpaired) electrons. The number of carbonyl (C=O) groups excluding carboxylic acids is 1. The van der Waals surface area contributed by atoms with E-state index in [1.807, 2.05) is 13.0 Å². The Kier molecular flexibility index (Phi) is 6.78. The lowest BCUT2D eigenvalue weighted by Gasteiger charge is -2.37. The number of amides is 1. The van der Waals surface area contributed by atoms with E-state index in [4.69, 9.17) is 0 Å². The molecule has 9 nitrogen and oxygen atoms in total. The SMILES string of the molecule is Cc1ccc(S(=O)(=O)N2CCC[C@H]2C(=O)N2CCN(Cc3cccc([N+](=O)[O-])c3)CC2)cc1. The summed E-state index contributed by atoms with van der Waals surface area (Å²) in [5.41, 5.74) is 1.90. The zero-order valence-electron chi connectivity index (χ0n) is 18.6. The molecular weight excluding hydrogens is 444 g/mol. The van der Waals surface area contributed by atoms with Crippen molar-refractivity contribution < 1.29 is 18.1 Å². The van der Waals surface area contributed by atoms with Gasteiger partial charge in [-0.1, -0.05) is 29.8 Å². The maximum atomic E-state index is 13.3. The highest BCUT2D eigenvalue weighted by atomic mass is 32.2. The molecule has 0 spiro atoms. The molecule has 176 valence electrons. The number of aryl methyl sites for hydroxylation is 1. The summed E-state index contributed by atoms with van der Waals surface area (Å²) in [6.45, 7) is 5.08. The number of hydrogen-bond acceptors (Lipinski definition) is 6. The number of carbonyl (C=O) groups is 1. The number of rotatable bonds is 6. The number of nitrogens with zero attached hydrogens (tertiary/aromatic N) is 4. The summed E-state index contributed by atoms with van der Waals surface area (Å²) in [5, 5.41) is 11.0. The van der Waals surface area contributed by atoms with Gasteiger partial charge in [0.15, 0.2) is 0 Å². The van der Waals surface area contributed by atoms with Crippen LogP contribution >= 0.6 is 0 Å². The molecule has 4 rings (SSSR count). The summed E-state index contributed by atoms with van der Waals surface area (Å²) < 4.78 is 27.7. The third-order valence-electron chi connectivity index (χ3n) is 6.33. The molecule has 33 heavy (non-hydrogen) atoms. The molecular formula is C23H28N4O5S. The maximum Gasteiger partial charge on any atom is 0.269 e. The number of sulfonamides is 1. The molecule has 0 aliphatic carbocycles. The molecule has 0 N–H and O–H groups in total. The molecule has 2 heterocycles. The van der Waals surface area contributed by atoms with Gasteiger partial charge in [-0.25, -0.2) is 8.42 Å². The van der Waals surface area contributed by atoms with E-state index in [2.05, 4.69) is 4.90 Å². The Hall–Kier alpha value is -2.82. The number of hydrogen-bond donors (Lipinski definition) is 0. The van der Waals surface area contributed by atoms with Gasteiger partial charge in [-0.3, -0.25) is 19.8 Å². The highest BCUT2D eigenvalue weighted by Gasteiger charge is 2.41. The van der Waals surface area contributed by atoms with Gasteiger partial charge in [0.05, 0.1) is 9.82 Å². The molecule has 2 saturated heterocycles. The minimum Gasteiger partial charge on any atom is -0.339 e. The first-order valence-corrected chi connectivity index (χ1v) is 12.5. The predicted molar refractivity (Wildman–Crippen MR) is 123 cm³/mol. The van der Waals surface area contributed by atoms with Crippen LogP contribution in [0.15, 0.2) is 53.4 Å². The number of nitro benzene ring substituents is 1. The number of nitro groups is 1. The molecule has 0 saturated carbocycles. The quantitative estimate of drug-likeness (QED) is 0.472. The Bertz CT molecular complexity index is 1130. The second-order valence-corrected chi connectivity index (χ2v) is 10.5. The molecule has 10 heteroatoms. The van der Waals surface area contributed by atoms with Gasteiger partial charge < -0.3 is 4.90 Å². The molecule has 0 aromatic heterocycles. The predicted octanol–water partition coefficient (Wildman–Crippen LogP) is 2.40. The van der Waals surface area contributed by atoms with E-state index < -0.39 is 21.0 Å². The van der Waals surface area contributed by atoms with Gasteiger partial charge in [-0.2, -0.15) is 4.31 Å². The van der Waals surface area contributed by atoms with Crippen LogP contribution in [0.25, 0.3) is 0 Å².